The topological polar surface area (TPSA) is 145 Å². The molecule has 0 amide bonds. The van der Waals surface area contributed by atoms with Gasteiger partial charge in [-0.2, -0.15) is 0 Å². The monoisotopic (exact) mass is 212 g/mol. The summed E-state index contributed by atoms with van der Waals surface area (Å²) in [6.07, 6.45) is 0.0683. The highest BCUT2D eigenvalue weighted by Gasteiger charge is 2.10. The minimum Gasteiger partial charge on any atom is -0.481 e. The van der Waals surface area contributed by atoms with Gasteiger partial charge in [-0.3, -0.25) is 15.6 Å². The zero-order valence-corrected chi connectivity index (χ0v) is 8.42. The summed E-state index contributed by atoms with van der Waals surface area (Å²) in [4.78, 5) is 10.0. The van der Waals surface area contributed by atoms with Crippen molar-refractivity contribution in [3.8, 4) is 0 Å². The van der Waals surface area contributed by atoms with Crippen LogP contribution in [0.1, 0.15) is 20.3 Å². The molecule has 8 N–H and O–H groups in total. The van der Waals surface area contributed by atoms with Crippen molar-refractivity contribution in [1.82, 2.24) is 10.9 Å². The van der Waals surface area contributed by atoms with Crippen LogP contribution in [-0.4, -0.2) is 45.8 Å². The molecule has 0 unspecified atom stereocenters. The molecule has 0 bridgehead atoms. The van der Waals surface area contributed by atoms with E-state index in [2.05, 4.69) is 10.9 Å². The first-order chi connectivity index (χ1) is 5.42. The lowest BCUT2D eigenvalue weighted by Crippen LogP contribution is -2.43. The zero-order valence-electron chi connectivity index (χ0n) is 8.42. The number of hydrogen-bond donors (Lipinski definition) is 4. The molecular weight excluding hydrogens is 192 g/mol. The fraction of sp³-hybridized carbons (Fsp3) is 0.857. The summed E-state index contributed by atoms with van der Waals surface area (Å²) in [5.41, 5.74) is 4.62. The Morgan fingerprint density at radius 3 is 2.14 bits per heavy atom. The molecule has 0 saturated heterocycles. The third-order valence-electron chi connectivity index (χ3n) is 1.11. The van der Waals surface area contributed by atoms with Crippen LogP contribution in [0.15, 0.2) is 0 Å². The molecule has 0 aromatic carbocycles. The van der Waals surface area contributed by atoms with Gasteiger partial charge in [0, 0.05) is 13.1 Å². The molecule has 88 valence electrons. The van der Waals surface area contributed by atoms with E-state index in [0.29, 0.717) is 13.1 Å². The van der Waals surface area contributed by atoms with Crippen LogP contribution in [0.4, 0.5) is 0 Å². The SMILES string of the molecule is CC(C)(O)CNNCCC(=O)O.O.O. The van der Waals surface area contributed by atoms with Crippen molar-refractivity contribution in [2.45, 2.75) is 25.9 Å². The molecule has 0 atom stereocenters. The van der Waals surface area contributed by atoms with E-state index in [4.69, 9.17) is 5.11 Å². The third-order valence-corrected chi connectivity index (χ3v) is 1.11. The number of carboxylic acids is 1. The number of hydrazine groups is 1. The van der Waals surface area contributed by atoms with Crippen LogP contribution in [0.3, 0.4) is 0 Å². The minimum absolute atomic E-state index is 0. The van der Waals surface area contributed by atoms with Crippen molar-refractivity contribution in [2.24, 2.45) is 0 Å². The molecule has 0 aliphatic rings. The fourth-order valence-corrected chi connectivity index (χ4v) is 0.537. The molecule has 0 spiro atoms. The highest BCUT2D eigenvalue weighted by Crippen LogP contribution is 1.95. The molecular formula is C7H20N2O5. The maximum Gasteiger partial charge on any atom is 0.304 e. The number of aliphatic carboxylic acids is 1. The van der Waals surface area contributed by atoms with Gasteiger partial charge in [0.05, 0.1) is 12.0 Å². The molecule has 0 radical (unpaired) electrons. The number of nitrogens with one attached hydrogen (secondary N) is 2. The lowest BCUT2D eigenvalue weighted by Gasteiger charge is -2.17. The van der Waals surface area contributed by atoms with Gasteiger partial charge in [-0.25, -0.2) is 0 Å². The predicted octanol–water partition coefficient (Wildman–Crippen LogP) is -2.32. The van der Waals surface area contributed by atoms with Crippen molar-refractivity contribution < 1.29 is 26.0 Å². The summed E-state index contributed by atoms with van der Waals surface area (Å²) in [5.74, 6) is -0.840. The second-order valence-electron chi connectivity index (χ2n) is 3.24. The molecule has 7 nitrogen and oxygen atoms in total. The molecule has 0 aromatic heterocycles. The average Bonchev–Trinajstić information content (AvgIpc) is 1.83. The van der Waals surface area contributed by atoms with Gasteiger partial charge < -0.3 is 21.2 Å². The van der Waals surface area contributed by atoms with E-state index < -0.39 is 11.6 Å². The highest BCUT2D eigenvalue weighted by molar-refractivity contribution is 5.66. The Bertz CT molecular complexity index is 146. The van der Waals surface area contributed by atoms with Gasteiger partial charge >= 0.3 is 5.97 Å². The number of aliphatic hydroxyl groups is 1. The number of carbonyl (C=O) groups is 1. The minimum atomic E-state index is -0.840. The number of carboxylic acid groups (broad SMARTS) is 1. The van der Waals surface area contributed by atoms with Crippen LogP contribution in [0, 0.1) is 0 Å². The Hall–Kier alpha value is -0.730. The standard InChI is InChI=1S/C7H16N2O3.2H2O/c1-7(2,12)5-9-8-4-3-6(10)11;;/h8-9,12H,3-5H2,1-2H3,(H,10,11);2*1H2. The van der Waals surface area contributed by atoms with Gasteiger partial charge in [0.2, 0.25) is 0 Å². The van der Waals surface area contributed by atoms with Crippen molar-refractivity contribution in [3.63, 3.8) is 0 Å². The summed E-state index contributed by atoms with van der Waals surface area (Å²) in [6.45, 7) is 4.07. The van der Waals surface area contributed by atoms with Crippen molar-refractivity contribution in [1.29, 1.82) is 0 Å². The molecule has 14 heavy (non-hydrogen) atoms. The van der Waals surface area contributed by atoms with E-state index in [9.17, 15) is 9.90 Å². The predicted molar refractivity (Wildman–Crippen MR) is 51.8 cm³/mol. The van der Waals surface area contributed by atoms with E-state index in [1.54, 1.807) is 13.8 Å². The summed E-state index contributed by atoms with van der Waals surface area (Å²) < 4.78 is 0. The van der Waals surface area contributed by atoms with Gasteiger partial charge in [-0.15, -0.1) is 0 Å². The molecule has 0 aliphatic carbocycles. The average molecular weight is 212 g/mol. The van der Waals surface area contributed by atoms with Crippen LogP contribution in [0.2, 0.25) is 0 Å². The summed E-state index contributed by atoms with van der Waals surface area (Å²) >= 11 is 0. The van der Waals surface area contributed by atoms with Gasteiger partial charge in [-0.1, -0.05) is 0 Å². The zero-order chi connectivity index (χ0) is 9.61. The molecule has 0 aromatic rings. The fourth-order valence-electron chi connectivity index (χ4n) is 0.537. The lowest BCUT2D eigenvalue weighted by molar-refractivity contribution is -0.136. The smallest absolute Gasteiger partial charge is 0.304 e. The second-order valence-corrected chi connectivity index (χ2v) is 3.24. The maximum atomic E-state index is 10.0. The Kier molecular flexibility index (Phi) is 12.0. The lowest BCUT2D eigenvalue weighted by atomic mass is 10.1. The second kappa shape index (κ2) is 8.85. The molecule has 7 heteroatoms. The molecule has 0 rings (SSSR count). The molecule has 0 fully saturated rings. The van der Waals surface area contributed by atoms with Crippen LogP contribution in [0.25, 0.3) is 0 Å². The van der Waals surface area contributed by atoms with Crippen molar-refractivity contribution in [3.05, 3.63) is 0 Å². The van der Waals surface area contributed by atoms with E-state index in [1.165, 1.54) is 0 Å². The summed E-state index contributed by atoms with van der Waals surface area (Å²) in [7, 11) is 0. The first-order valence-corrected chi connectivity index (χ1v) is 3.82. The quantitative estimate of drug-likeness (QED) is 0.288. The van der Waals surface area contributed by atoms with E-state index in [0.717, 1.165) is 0 Å². The number of rotatable bonds is 6. The van der Waals surface area contributed by atoms with Gasteiger partial charge in [0.25, 0.3) is 0 Å². The van der Waals surface area contributed by atoms with E-state index in [-0.39, 0.29) is 17.4 Å². The molecule has 0 heterocycles. The van der Waals surface area contributed by atoms with Crippen molar-refractivity contribution in [2.75, 3.05) is 13.1 Å². The summed E-state index contributed by atoms with van der Waals surface area (Å²) in [5, 5.41) is 17.5. The largest absolute Gasteiger partial charge is 0.481 e. The third kappa shape index (κ3) is 17.4. The Labute approximate surface area is 82.7 Å². The van der Waals surface area contributed by atoms with Gasteiger partial charge in [0.15, 0.2) is 0 Å². The van der Waals surface area contributed by atoms with E-state index in [1.807, 2.05) is 0 Å². The Morgan fingerprint density at radius 2 is 1.79 bits per heavy atom. The first kappa shape index (κ1) is 18.9. The van der Waals surface area contributed by atoms with Gasteiger partial charge in [-0.05, 0) is 13.8 Å². The van der Waals surface area contributed by atoms with Crippen LogP contribution in [0.5, 0.6) is 0 Å². The molecule has 0 aliphatic heterocycles. The number of hydrogen-bond acceptors (Lipinski definition) is 4. The van der Waals surface area contributed by atoms with Gasteiger partial charge in [0.1, 0.15) is 0 Å². The highest BCUT2D eigenvalue weighted by atomic mass is 16.4. The Balaban J connectivity index is -0.000000605. The van der Waals surface area contributed by atoms with Crippen LogP contribution >= 0.6 is 0 Å². The summed E-state index contributed by atoms with van der Waals surface area (Å²) in [6, 6.07) is 0. The van der Waals surface area contributed by atoms with Crippen LogP contribution in [-0.2, 0) is 4.79 Å². The normalized spacial score (nSPS) is 9.93. The maximum absolute atomic E-state index is 10.0. The first-order valence-electron chi connectivity index (χ1n) is 3.82. The van der Waals surface area contributed by atoms with Crippen LogP contribution < -0.4 is 10.9 Å². The van der Waals surface area contributed by atoms with E-state index >= 15 is 0 Å². The van der Waals surface area contributed by atoms with Crippen molar-refractivity contribution >= 4 is 5.97 Å². The Morgan fingerprint density at radius 1 is 1.29 bits per heavy atom. The molecule has 0 saturated carbocycles.